The highest BCUT2D eigenvalue weighted by Crippen LogP contribution is 2.19. The van der Waals surface area contributed by atoms with Crippen LogP contribution in [0.1, 0.15) is 24.1 Å². The molecule has 2 aliphatic heterocycles. The van der Waals surface area contributed by atoms with E-state index in [1.54, 1.807) is 6.33 Å². The van der Waals surface area contributed by atoms with E-state index < -0.39 is 0 Å². The zero-order valence-corrected chi connectivity index (χ0v) is 11.5. The standard InChI is InChI=1S/C13H20N4.ClH/c1-4-14-5-2-11(1)8-17-6-3-12-7-15-10-16-13(12)9-17;/h7,10-11,14H,1-6,8-9H2;1H. The molecule has 3 heterocycles. The number of hydrogen-bond acceptors (Lipinski definition) is 4. The van der Waals surface area contributed by atoms with Crippen molar-refractivity contribution in [3.63, 3.8) is 0 Å². The van der Waals surface area contributed by atoms with E-state index in [-0.39, 0.29) is 12.4 Å². The molecular formula is C13H21ClN4. The maximum absolute atomic E-state index is 4.40. The molecule has 0 bridgehead atoms. The predicted molar refractivity (Wildman–Crippen MR) is 73.9 cm³/mol. The van der Waals surface area contributed by atoms with Crippen molar-refractivity contribution in [3.8, 4) is 0 Å². The second-order valence-electron chi connectivity index (χ2n) is 5.17. The van der Waals surface area contributed by atoms with E-state index in [0.717, 1.165) is 18.9 Å². The summed E-state index contributed by atoms with van der Waals surface area (Å²) in [5.41, 5.74) is 2.58. The highest BCUT2D eigenvalue weighted by atomic mass is 35.5. The van der Waals surface area contributed by atoms with Crippen LogP contribution >= 0.6 is 12.4 Å². The van der Waals surface area contributed by atoms with Crippen molar-refractivity contribution in [2.24, 2.45) is 5.92 Å². The number of nitrogens with zero attached hydrogens (tertiary/aromatic N) is 3. The highest BCUT2D eigenvalue weighted by Gasteiger charge is 2.21. The molecule has 0 atom stereocenters. The van der Waals surface area contributed by atoms with Gasteiger partial charge in [-0.25, -0.2) is 9.97 Å². The summed E-state index contributed by atoms with van der Waals surface area (Å²) < 4.78 is 0. The fourth-order valence-corrected chi connectivity index (χ4v) is 2.89. The Hall–Kier alpha value is -0.710. The van der Waals surface area contributed by atoms with Gasteiger partial charge in [-0.05, 0) is 43.8 Å². The monoisotopic (exact) mass is 268 g/mol. The first kappa shape index (κ1) is 13.7. The van der Waals surface area contributed by atoms with E-state index >= 15 is 0 Å². The van der Waals surface area contributed by atoms with Crippen LogP contribution in [-0.4, -0.2) is 41.0 Å². The smallest absolute Gasteiger partial charge is 0.115 e. The molecule has 0 amide bonds. The van der Waals surface area contributed by atoms with Gasteiger partial charge in [0.05, 0.1) is 5.69 Å². The number of hydrogen-bond donors (Lipinski definition) is 1. The number of rotatable bonds is 2. The van der Waals surface area contributed by atoms with E-state index in [4.69, 9.17) is 0 Å². The predicted octanol–water partition coefficient (Wildman–Crippen LogP) is 1.26. The Morgan fingerprint density at radius 2 is 2.17 bits per heavy atom. The van der Waals surface area contributed by atoms with Crippen molar-refractivity contribution >= 4 is 12.4 Å². The van der Waals surface area contributed by atoms with Gasteiger partial charge in [0.15, 0.2) is 0 Å². The third-order valence-electron chi connectivity index (χ3n) is 3.93. The molecule has 4 nitrogen and oxygen atoms in total. The topological polar surface area (TPSA) is 41.1 Å². The van der Waals surface area contributed by atoms with Gasteiger partial charge in [-0.3, -0.25) is 4.90 Å². The summed E-state index contributed by atoms with van der Waals surface area (Å²) in [6, 6.07) is 0. The lowest BCUT2D eigenvalue weighted by Gasteiger charge is -2.32. The van der Waals surface area contributed by atoms with Crippen molar-refractivity contribution in [1.82, 2.24) is 20.2 Å². The molecule has 0 aliphatic carbocycles. The fraction of sp³-hybridized carbons (Fsp3) is 0.692. The number of fused-ring (bicyclic) bond motifs is 1. The molecule has 2 aliphatic rings. The largest absolute Gasteiger partial charge is 0.317 e. The first-order valence-electron chi connectivity index (χ1n) is 6.62. The molecule has 1 saturated heterocycles. The zero-order valence-electron chi connectivity index (χ0n) is 10.6. The first-order valence-corrected chi connectivity index (χ1v) is 6.62. The van der Waals surface area contributed by atoms with Crippen molar-refractivity contribution in [3.05, 3.63) is 23.8 Å². The number of nitrogens with one attached hydrogen (secondary N) is 1. The van der Waals surface area contributed by atoms with Crippen LogP contribution in [0.5, 0.6) is 0 Å². The van der Waals surface area contributed by atoms with E-state index in [0.29, 0.717) is 0 Å². The van der Waals surface area contributed by atoms with E-state index in [9.17, 15) is 0 Å². The first-order chi connectivity index (χ1) is 8.42. The molecule has 1 fully saturated rings. The molecule has 100 valence electrons. The van der Waals surface area contributed by atoms with Crippen molar-refractivity contribution in [1.29, 1.82) is 0 Å². The van der Waals surface area contributed by atoms with E-state index in [1.165, 1.54) is 50.3 Å². The average Bonchev–Trinajstić information content (AvgIpc) is 2.40. The second-order valence-corrected chi connectivity index (χ2v) is 5.17. The Labute approximate surface area is 115 Å². The third kappa shape index (κ3) is 3.19. The molecule has 18 heavy (non-hydrogen) atoms. The van der Waals surface area contributed by atoms with Gasteiger partial charge >= 0.3 is 0 Å². The molecule has 1 aromatic heterocycles. The second kappa shape index (κ2) is 6.45. The van der Waals surface area contributed by atoms with Crippen LogP contribution in [0, 0.1) is 5.92 Å². The number of halogens is 1. The molecule has 0 spiro atoms. The summed E-state index contributed by atoms with van der Waals surface area (Å²) >= 11 is 0. The Morgan fingerprint density at radius 3 is 3.00 bits per heavy atom. The summed E-state index contributed by atoms with van der Waals surface area (Å²) in [6.45, 7) is 5.81. The minimum absolute atomic E-state index is 0. The Bertz CT molecular complexity index is 379. The minimum atomic E-state index is 0. The maximum Gasteiger partial charge on any atom is 0.115 e. The summed E-state index contributed by atoms with van der Waals surface area (Å²) in [5.74, 6) is 0.875. The van der Waals surface area contributed by atoms with E-state index in [1.807, 2.05) is 6.20 Å². The van der Waals surface area contributed by atoms with Crippen LogP contribution in [0.4, 0.5) is 0 Å². The van der Waals surface area contributed by atoms with Crippen molar-refractivity contribution < 1.29 is 0 Å². The summed E-state index contributed by atoms with van der Waals surface area (Å²) in [4.78, 5) is 11.1. The van der Waals surface area contributed by atoms with Crippen LogP contribution in [0.25, 0.3) is 0 Å². The molecule has 0 unspecified atom stereocenters. The SMILES string of the molecule is Cl.c1ncc2c(n1)CN(CC1CCNCC1)CC2. The van der Waals surface area contributed by atoms with Crippen LogP contribution in [0.2, 0.25) is 0 Å². The molecule has 1 N–H and O–H groups in total. The summed E-state index contributed by atoms with van der Waals surface area (Å²) in [5, 5.41) is 3.43. The van der Waals surface area contributed by atoms with Gasteiger partial charge in [0.1, 0.15) is 6.33 Å². The quantitative estimate of drug-likeness (QED) is 0.877. The third-order valence-corrected chi connectivity index (χ3v) is 3.93. The van der Waals surface area contributed by atoms with Gasteiger partial charge in [0.25, 0.3) is 0 Å². The Morgan fingerprint density at radius 1 is 1.33 bits per heavy atom. The van der Waals surface area contributed by atoms with Crippen LogP contribution in [0.3, 0.4) is 0 Å². The molecule has 5 heteroatoms. The number of piperidine rings is 1. The minimum Gasteiger partial charge on any atom is -0.317 e. The lowest BCUT2D eigenvalue weighted by atomic mass is 9.96. The van der Waals surface area contributed by atoms with E-state index in [2.05, 4.69) is 20.2 Å². The molecule has 0 aromatic carbocycles. The van der Waals surface area contributed by atoms with Crippen molar-refractivity contribution in [2.75, 3.05) is 26.2 Å². The maximum atomic E-state index is 4.40. The molecule has 0 radical (unpaired) electrons. The molecular weight excluding hydrogens is 248 g/mol. The Kier molecular flexibility index (Phi) is 4.92. The fourth-order valence-electron chi connectivity index (χ4n) is 2.89. The van der Waals surface area contributed by atoms with Gasteiger partial charge in [-0.2, -0.15) is 0 Å². The van der Waals surface area contributed by atoms with Crippen LogP contribution in [-0.2, 0) is 13.0 Å². The Balaban J connectivity index is 0.00000120. The number of aromatic nitrogens is 2. The van der Waals surface area contributed by atoms with Crippen LogP contribution < -0.4 is 5.32 Å². The normalized spacial score (nSPS) is 21.1. The molecule has 3 rings (SSSR count). The van der Waals surface area contributed by atoms with Gasteiger partial charge in [-0.15, -0.1) is 12.4 Å². The lowest BCUT2D eigenvalue weighted by Crippen LogP contribution is -2.38. The molecule has 1 aromatic rings. The highest BCUT2D eigenvalue weighted by molar-refractivity contribution is 5.85. The lowest BCUT2D eigenvalue weighted by molar-refractivity contribution is 0.189. The zero-order chi connectivity index (χ0) is 11.5. The summed E-state index contributed by atoms with van der Waals surface area (Å²) in [6.07, 6.45) is 7.42. The average molecular weight is 269 g/mol. The van der Waals surface area contributed by atoms with Crippen molar-refractivity contribution in [2.45, 2.75) is 25.8 Å². The van der Waals surface area contributed by atoms with Gasteiger partial charge in [0.2, 0.25) is 0 Å². The van der Waals surface area contributed by atoms with Gasteiger partial charge in [-0.1, -0.05) is 0 Å². The van der Waals surface area contributed by atoms with Gasteiger partial charge < -0.3 is 5.32 Å². The summed E-state index contributed by atoms with van der Waals surface area (Å²) in [7, 11) is 0. The van der Waals surface area contributed by atoms with Crippen LogP contribution in [0.15, 0.2) is 12.5 Å². The van der Waals surface area contributed by atoms with Gasteiger partial charge in [0, 0.05) is 25.8 Å². The molecule has 0 saturated carbocycles.